The Morgan fingerprint density at radius 1 is 1.26 bits per heavy atom. The van der Waals surface area contributed by atoms with Crippen molar-refractivity contribution in [1.82, 2.24) is 20.9 Å². The van der Waals surface area contributed by atoms with Gasteiger partial charge in [-0.25, -0.2) is 13.2 Å². The zero-order valence-corrected chi connectivity index (χ0v) is 21.1. The van der Waals surface area contributed by atoms with E-state index in [0.29, 0.717) is 6.42 Å². The maximum absolute atomic E-state index is 14.4. The Balaban J connectivity index is 1.31. The molecule has 13 heteroatoms. The number of benzene rings is 1. The molecular formula is C25H25ClF3N5O4. The van der Waals surface area contributed by atoms with Crippen LogP contribution in [0.2, 0.25) is 5.02 Å². The third kappa shape index (κ3) is 4.99. The Morgan fingerprint density at radius 3 is 2.55 bits per heavy atom. The number of fused-ring (bicyclic) bond motifs is 1. The molecule has 1 aromatic heterocycles. The summed E-state index contributed by atoms with van der Waals surface area (Å²) in [5.41, 5.74) is -0.404. The van der Waals surface area contributed by atoms with Crippen LogP contribution in [0.3, 0.4) is 0 Å². The van der Waals surface area contributed by atoms with Crippen molar-refractivity contribution in [3.63, 3.8) is 0 Å². The molecule has 5 rings (SSSR count). The van der Waals surface area contributed by atoms with Crippen LogP contribution in [0.5, 0.6) is 5.75 Å². The first-order chi connectivity index (χ1) is 17.9. The minimum atomic E-state index is -2.95. The molecule has 1 spiro atoms. The van der Waals surface area contributed by atoms with Gasteiger partial charge < -0.3 is 25.7 Å². The summed E-state index contributed by atoms with van der Waals surface area (Å²) in [6, 6.07) is 1.79. The van der Waals surface area contributed by atoms with Crippen LogP contribution in [0.1, 0.15) is 49.0 Å². The summed E-state index contributed by atoms with van der Waals surface area (Å²) in [5, 5.41) is 17.6. The molecule has 2 aliphatic carbocycles. The van der Waals surface area contributed by atoms with Crippen LogP contribution in [0.15, 0.2) is 12.1 Å². The number of alkyl halides is 2. The monoisotopic (exact) mass is 551 g/mol. The van der Waals surface area contributed by atoms with E-state index in [9.17, 15) is 32.8 Å². The first-order valence-electron chi connectivity index (χ1n) is 12.2. The minimum absolute atomic E-state index is 0.0113. The highest BCUT2D eigenvalue weighted by Crippen LogP contribution is 2.51. The third-order valence-corrected chi connectivity index (χ3v) is 7.84. The smallest absolute Gasteiger partial charge is 0.268 e. The zero-order chi connectivity index (χ0) is 27.4. The number of methoxy groups -OCH3 is 1. The van der Waals surface area contributed by atoms with Crippen molar-refractivity contribution in [2.45, 2.75) is 62.1 Å². The van der Waals surface area contributed by atoms with E-state index < -0.39 is 53.9 Å². The Labute approximate surface area is 220 Å². The maximum atomic E-state index is 14.4. The molecule has 3 fully saturated rings. The van der Waals surface area contributed by atoms with E-state index in [0.717, 1.165) is 18.9 Å². The average Bonchev–Trinajstić information content (AvgIpc) is 3.61. The maximum Gasteiger partial charge on any atom is 0.268 e. The van der Waals surface area contributed by atoms with Crippen LogP contribution >= 0.6 is 11.6 Å². The first-order valence-corrected chi connectivity index (χ1v) is 12.6. The number of nitrogens with zero attached hydrogens (tertiary/aromatic N) is 1. The Morgan fingerprint density at radius 2 is 1.97 bits per heavy atom. The highest BCUT2D eigenvalue weighted by Gasteiger charge is 2.58. The lowest BCUT2D eigenvalue weighted by atomic mass is 9.95. The predicted molar refractivity (Wildman–Crippen MR) is 129 cm³/mol. The third-order valence-electron chi connectivity index (χ3n) is 7.56. The molecule has 2 saturated carbocycles. The van der Waals surface area contributed by atoms with Crippen molar-refractivity contribution in [2.24, 2.45) is 11.8 Å². The molecule has 1 aliphatic heterocycles. The molecule has 3 amide bonds. The second-order valence-corrected chi connectivity index (χ2v) is 10.8. The highest BCUT2D eigenvalue weighted by molar-refractivity contribution is 6.33. The van der Waals surface area contributed by atoms with E-state index in [1.807, 2.05) is 6.07 Å². The molecule has 2 heterocycles. The number of carbonyl (C=O) groups is 3. The van der Waals surface area contributed by atoms with Gasteiger partial charge in [0.1, 0.15) is 29.3 Å². The fourth-order valence-electron chi connectivity index (χ4n) is 5.16. The van der Waals surface area contributed by atoms with Crippen molar-refractivity contribution in [3.05, 3.63) is 28.7 Å². The molecule has 3 aliphatic rings. The number of aromatic amines is 1. The fourth-order valence-corrected chi connectivity index (χ4v) is 5.43. The van der Waals surface area contributed by atoms with Gasteiger partial charge in [-0.3, -0.25) is 14.4 Å². The summed E-state index contributed by atoms with van der Waals surface area (Å²) in [4.78, 5) is 41.0. The summed E-state index contributed by atoms with van der Waals surface area (Å²) in [6.45, 7) is 0. The number of hydrogen-bond donors (Lipinski definition) is 4. The van der Waals surface area contributed by atoms with Crippen molar-refractivity contribution in [1.29, 1.82) is 5.26 Å². The highest BCUT2D eigenvalue weighted by atomic mass is 35.5. The van der Waals surface area contributed by atoms with Gasteiger partial charge in [-0.15, -0.1) is 0 Å². The second-order valence-electron chi connectivity index (χ2n) is 10.4. The molecule has 1 saturated heterocycles. The summed E-state index contributed by atoms with van der Waals surface area (Å²) < 4.78 is 47.0. The summed E-state index contributed by atoms with van der Waals surface area (Å²) >= 11 is 6.01. The number of rotatable bonds is 9. The molecule has 0 radical (unpaired) electrons. The van der Waals surface area contributed by atoms with Gasteiger partial charge in [0.05, 0.1) is 23.7 Å². The van der Waals surface area contributed by atoms with Crippen molar-refractivity contribution in [3.8, 4) is 11.8 Å². The van der Waals surface area contributed by atoms with Crippen molar-refractivity contribution >= 4 is 40.2 Å². The summed E-state index contributed by atoms with van der Waals surface area (Å²) in [6.07, 6.45) is 1.60. The van der Waals surface area contributed by atoms with Crippen LogP contribution in [0, 0.1) is 29.0 Å². The zero-order valence-electron chi connectivity index (χ0n) is 20.3. The van der Waals surface area contributed by atoms with Gasteiger partial charge in [-0.05, 0) is 44.2 Å². The number of halogens is 4. The Hall–Kier alpha value is -3.46. The molecule has 0 bridgehead atoms. The molecule has 2 aromatic rings. The minimum Gasteiger partial charge on any atom is -0.494 e. The van der Waals surface area contributed by atoms with E-state index in [4.69, 9.17) is 16.3 Å². The quantitative estimate of drug-likeness (QED) is 0.379. The lowest BCUT2D eigenvalue weighted by Gasteiger charge is -2.21. The van der Waals surface area contributed by atoms with Crippen LogP contribution in [-0.2, 0) is 9.59 Å². The first kappa shape index (κ1) is 26.2. The van der Waals surface area contributed by atoms with E-state index in [1.165, 1.54) is 13.2 Å². The Kier molecular flexibility index (Phi) is 6.46. The number of aromatic nitrogens is 1. The van der Waals surface area contributed by atoms with E-state index >= 15 is 0 Å². The molecule has 1 aromatic carbocycles. The van der Waals surface area contributed by atoms with E-state index in [1.54, 1.807) is 0 Å². The van der Waals surface area contributed by atoms with E-state index in [2.05, 4.69) is 20.9 Å². The molecule has 4 N–H and O–H groups in total. The largest absolute Gasteiger partial charge is 0.494 e. The number of ether oxygens (including phenoxy) is 1. The number of amides is 3. The lowest BCUT2D eigenvalue weighted by molar-refractivity contribution is -0.125. The standard InChI is InChI=1S/C25H25ClF3N5O4/c1-38-20-14-6-18(32-19(14)16(27)7-15(20)26)23(37)33-17(5-12-9-25(12,28)29)22(36)31-13(10-30)4-11-8-24(2-3-24)34-21(11)35/h6-7,11-13,17,32H,2-5,8-9H2,1H3,(H,31,36)(H,33,37)(H,34,35). The lowest BCUT2D eigenvalue weighted by Crippen LogP contribution is -2.50. The number of nitriles is 1. The SMILES string of the molecule is COc1c(Cl)cc(F)c2[nH]c(C(=O)NC(CC3CC3(F)F)C(=O)NC(C#N)CC3CC4(CC4)NC3=O)cc12. The van der Waals surface area contributed by atoms with Crippen molar-refractivity contribution in [2.75, 3.05) is 7.11 Å². The number of hydrogen-bond acceptors (Lipinski definition) is 5. The summed E-state index contributed by atoms with van der Waals surface area (Å²) in [5.74, 6) is -6.98. The van der Waals surface area contributed by atoms with E-state index in [-0.39, 0.29) is 51.7 Å². The van der Waals surface area contributed by atoms with Crippen molar-refractivity contribution < 1.29 is 32.3 Å². The van der Waals surface area contributed by atoms with Crippen LogP contribution < -0.4 is 20.7 Å². The molecule has 4 unspecified atom stereocenters. The van der Waals surface area contributed by atoms with Crippen LogP contribution in [0.25, 0.3) is 10.9 Å². The van der Waals surface area contributed by atoms with Crippen LogP contribution in [0.4, 0.5) is 13.2 Å². The molecule has 38 heavy (non-hydrogen) atoms. The predicted octanol–water partition coefficient (Wildman–Crippen LogP) is 3.18. The average molecular weight is 552 g/mol. The van der Waals surface area contributed by atoms with Gasteiger partial charge in [-0.2, -0.15) is 5.26 Å². The number of nitrogens with one attached hydrogen (secondary N) is 4. The second kappa shape index (κ2) is 9.38. The van der Waals surface area contributed by atoms with Gasteiger partial charge in [0.2, 0.25) is 11.8 Å². The fraction of sp³-hybridized carbons (Fsp3) is 0.520. The topological polar surface area (TPSA) is 136 Å². The molecule has 9 nitrogen and oxygen atoms in total. The van der Waals surface area contributed by atoms with Crippen LogP contribution in [-0.4, -0.2) is 53.4 Å². The van der Waals surface area contributed by atoms with Gasteiger partial charge in [0.25, 0.3) is 11.8 Å². The Bertz CT molecular complexity index is 1370. The number of H-pyrrole nitrogens is 1. The van der Waals surface area contributed by atoms with Gasteiger partial charge in [0.15, 0.2) is 0 Å². The molecule has 202 valence electrons. The molecule has 4 atom stereocenters. The van der Waals surface area contributed by atoms with Gasteiger partial charge in [0, 0.05) is 29.2 Å². The summed E-state index contributed by atoms with van der Waals surface area (Å²) in [7, 11) is 1.33. The number of carbonyl (C=O) groups excluding carboxylic acids is 3. The van der Waals surface area contributed by atoms with Gasteiger partial charge >= 0.3 is 0 Å². The normalized spacial score (nSPS) is 23.8. The van der Waals surface area contributed by atoms with Gasteiger partial charge in [-0.1, -0.05) is 11.6 Å². The molecular weight excluding hydrogens is 527 g/mol.